The highest BCUT2D eigenvalue weighted by Gasteiger charge is 2.42. The fraction of sp³-hybridized carbons (Fsp3) is 0.615. The average Bonchev–Trinajstić information content (AvgIpc) is 2.72. The van der Waals surface area contributed by atoms with Crippen molar-refractivity contribution in [2.75, 3.05) is 6.54 Å². The Morgan fingerprint density at radius 3 is 2.55 bits per heavy atom. The fourth-order valence-electron chi connectivity index (χ4n) is 2.17. The van der Waals surface area contributed by atoms with E-state index in [9.17, 15) is 18.7 Å². The monoisotopic (exact) mass is 323 g/mol. The summed E-state index contributed by atoms with van der Waals surface area (Å²) in [6.07, 6.45) is -0.731. The van der Waals surface area contributed by atoms with Gasteiger partial charge in [0.05, 0.1) is 10.6 Å². The largest absolute Gasteiger partial charge is 0.388 e. The number of carbonyl (C=O) groups is 1. The van der Waals surface area contributed by atoms with Crippen LogP contribution in [0.15, 0.2) is 5.38 Å². The van der Waals surface area contributed by atoms with Crippen molar-refractivity contribution in [3.8, 4) is 0 Å². The molecule has 0 bridgehead atoms. The Kier molecular flexibility index (Phi) is 4.37. The Morgan fingerprint density at radius 1 is 1.45 bits per heavy atom. The molecule has 1 saturated carbocycles. The molecule has 112 valence electrons. The average molecular weight is 324 g/mol. The summed E-state index contributed by atoms with van der Waals surface area (Å²) in [5.74, 6) is -3.08. The summed E-state index contributed by atoms with van der Waals surface area (Å²) in [5.41, 5.74) is -0.436. The summed E-state index contributed by atoms with van der Waals surface area (Å²) in [6, 6.07) is 0. The van der Waals surface area contributed by atoms with Gasteiger partial charge in [0.25, 0.3) is 5.91 Å². The van der Waals surface area contributed by atoms with E-state index in [0.717, 1.165) is 5.56 Å². The number of halogens is 3. The van der Waals surface area contributed by atoms with Crippen LogP contribution in [0.2, 0.25) is 5.02 Å². The third kappa shape index (κ3) is 3.48. The lowest BCUT2D eigenvalue weighted by molar-refractivity contribution is -0.101. The maximum Gasteiger partial charge on any atom is 0.262 e. The smallest absolute Gasteiger partial charge is 0.262 e. The Labute approximate surface area is 124 Å². The number of carbonyl (C=O) groups excluding carboxylic acids is 1. The van der Waals surface area contributed by atoms with Crippen LogP contribution in [-0.4, -0.2) is 29.1 Å². The van der Waals surface area contributed by atoms with Gasteiger partial charge >= 0.3 is 0 Å². The second-order valence-corrected chi connectivity index (χ2v) is 6.58. The molecule has 0 atom stereocenters. The molecule has 1 fully saturated rings. The highest BCUT2D eigenvalue weighted by Crippen LogP contribution is 2.38. The molecule has 1 aliphatic rings. The van der Waals surface area contributed by atoms with Gasteiger partial charge in [-0.2, -0.15) is 0 Å². The zero-order chi connectivity index (χ0) is 15.0. The number of thiophene rings is 1. The molecule has 1 heterocycles. The Balaban J connectivity index is 1.92. The van der Waals surface area contributed by atoms with Crippen LogP contribution in [0, 0.1) is 6.92 Å². The minimum Gasteiger partial charge on any atom is -0.388 e. The molecule has 0 unspecified atom stereocenters. The van der Waals surface area contributed by atoms with E-state index in [1.54, 1.807) is 12.3 Å². The van der Waals surface area contributed by atoms with Crippen LogP contribution >= 0.6 is 22.9 Å². The van der Waals surface area contributed by atoms with Gasteiger partial charge in [0, 0.05) is 19.4 Å². The first-order chi connectivity index (χ1) is 9.22. The molecule has 7 heteroatoms. The predicted molar refractivity (Wildman–Crippen MR) is 74.8 cm³/mol. The van der Waals surface area contributed by atoms with Crippen molar-refractivity contribution in [3.63, 3.8) is 0 Å². The number of rotatable bonds is 3. The number of alkyl halides is 2. The molecule has 0 aromatic carbocycles. The molecular formula is C13H16ClF2NO2S. The Bertz CT molecular complexity index is 508. The second-order valence-electron chi connectivity index (χ2n) is 5.32. The van der Waals surface area contributed by atoms with Crippen LogP contribution in [0.1, 0.15) is 40.9 Å². The van der Waals surface area contributed by atoms with E-state index in [-0.39, 0.29) is 38.1 Å². The van der Waals surface area contributed by atoms with Crippen LogP contribution < -0.4 is 5.32 Å². The summed E-state index contributed by atoms with van der Waals surface area (Å²) < 4.78 is 26.1. The van der Waals surface area contributed by atoms with Crippen molar-refractivity contribution in [1.82, 2.24) is 5.32 Å². The Hall–Kier alpha value is -0.720. The maximum atomic E-state index is 13.1. The number of aryl methyl sites for hydroxylation is 1. The zero-order valence-corrected chi connectivity index (χ0v) is 12.6. The SMILES string of the molecule is Cc1csc(C(=O)NCC2(O)CCC(F)(F)CC2)c1Cl. The van der Waals surface area contributed by atoms with E-state index in [2.05, 4.69) is 5.32 Å². The standard InChI is InChI=1S/C13H16ClF2NO2S/c1-8-6-20-10(9(8)14)11(18)17-7-12(19)2-4-13(15,16)5-3-12/h6,19H,2-5,7H2,1H3,(H,17,18). The van der Waals surface area contributed by atoms with Gasteiger partial charge in [0.2, 0.25) is 5.92 Å². The van der Waals surface area contributed by atoms with E-state index >= 15 is 0 Å². The first-order valence-corrected chi connectivity index (χ1v) is 7.60. The third-order valence-electron chi connectivity index (χ3n) is 3.60. The molecule has 0 spiro atoms. The molecule has 0 saturated heterocycles. The van der Waals surface area contributed by atoms with Crippen molar-refractivity contribution < 1.29 is 18.7 Å². The summed E-state index contributed by atoms with van der Waals surface area (Å²) in [5, 5.41) is 14.9. The van der Waals surface area contributed by atoms with Gasteiger partial charge in [0.1, 0.15) is 4.88 Å². The first-order valence-electron chi connectivity index (χ1n) is 6.34. The lowest BCUT2D eigenvalue weighted by Gasteiger charge is -2.35. The van der Waals surface area contributed by atoms with Crippen molar-refractivity contribution in [2.45, 2.75) is 44.1 Å². The zero-order valence-electron chi connectivity index (χ0n) is 11.0. The van der Waals surface area contributed by atoms with Gasteiger partial charge in [-0.05, 0) is 30.7 Å². The van der Waals surface area contributed by atoms with E-state index < -0.39 is 11.5 Å². The van der Waals surface area contributed by atoms with Gasteiger partial charge in [-0.25, -0.2) is 8.78 Å². The summed E-state index contributed by atoms with van der Waals surface area (Å²) in [4.78, 5) is 12.3. The molecule has 1 aromatic heterocycles. The fourth-order valence-corrected chi connectivity index (χ4v) is 3.36. The summed E-state index contributed by atoms with van der Waals surface area (Å²) >= 11 is 7.21. The number of hydrogen-bond acceptors (Lipinski definition) is 3. The third-order valence-corrected chi connectivity index (χ3v) is 5.29. The molecule has 20 heavy (non-hydrogen) atoms. The lowest BCUT2D eigenvalue weighted by Crippen LogP contribution is -2.47. The number of nitrogens with one attached hydrogen (secondary N) is 1. The number of hydrogen-bond donors (Lipinski definition) is 2. The predicted octanol–water partition coefficient (Wildman–Crippen LogP) is 3.38. The van der Waals surface area contributed by atoms with Crippen LogP contribution in [-0.2, 0) is 0 Å². The van der Waals surface area contributed by atoms with Gasteiger partial charge in [-0.15, -0.1) is 11.3 Å². The van der Waals surface area contributed by atoms with Gasteiger partial charge in [-0.1, -0.05) is 11.6 Å². The van der Waals surface area contributed by atoms with Crippen molar-refractivity contribution >= 4 is 28.8 Å². The quantitative estimate of drug-likeness (QED) is 0.896. The lowest BCUT2D eigenvalue weighted by atomic mass is 9.83. The second kappa shape index (κ2) is 5.58. The van der Waals surface area contributed by atoms with Crippen LogP contribution in [0.5, 0.6) is 0 Å². The van der Waals surface area contributed by atoms with E-state index in [1.807, 2.05) is 0 Å². The summed E-state index contributed by atoms with van der Waals surface area (Å²) in [6.45, 7) is 1.77. The first kappa shape index (κ1) is 15.7. The van der Waals surface area contributed by atoms with Crippen LogP contribution in [0.3, 0.4) is 0 Å². The van der Waals surface area contributed by atoms with Crippen molar-refractivity contribution in [2.24, 2.45) is 0 Å². The molecule has 2 N–H and O–H groups in total. The van der Waals surface area contributed by atoms with E-state index in [0.29, 0.717) is 9.90 Å². The van der Waals surface area contributed by atoms with E-state index in [1.165, 1.54) is 11.3 Å². The molecule has 1 aliphatic carbocycles. The molecular weight excluding hydrogens is 308 g/mol. The van der Waals surface area contributed by atoms with Crippen LogP contribution in [0.25, 0.3) is 0 Å². The number of aliphatic hydroxyl groups is 1. The van der Waals surface area contributed by atoms with Crippen LogP contribution in [0.4, 0.5) is 8.78 Å². The minimum atomic E-state index is -2.70. The molecule has 0 radical (unpaired) electrons. The van der Waals surface area contributed by atoms with E-state index in [4.69, 9.17) is 11.6 Å². The molecule has 1 amide bonds. The van der Waals surface area contributed by atoms with Gasteiger partial charge in [0.15, 0.2) is 0 Å². The molecule has 0 aliphatic heterocycles. The highest BCUT2D eigenvalue weighted by molar-refractivity contribution is 7.13. The number of amides is 1. The normalized spacial score (nSPS) is 20.6. The van der Waals surface area contributed by atoms with Gasteiger partial charge < -0.3 is 10.4 Å². The molecule has 2 rings (SSSR count). The minimum absolute atomic E-state index is 0.0164. The molecule has 3 nitrogen and oxygen atoms in total. The van der Waals surface area contributed by atoms with Gasteiger partial charge in [-0.3, -0.25) is 4.79 Å². The summed E-state index contributed by atoms with van der Waals surface area (Å²) in [7, 11) is 0. The maximum absolute atomic E-state index is 13.1. The highest BCUT2D eigenvalue weighted by atomic mass is 35.5. The van der Waals surface area contributed by atoms with Crippen molar-refractivity contribution in [3.05, 3.63) is 20.8 Å². The molecule has 1 aromatic rings. The van der Waals surface area contributed by atoms with Crippen molar-refractivity contribution in [1.29, 1.82) is 0 Å². The topological polar surface area (TPSA) is 49.3 Å². The Morgan fingerprint density at radius 2 is 2.05 bits per heavy atom.